The van der Waals surface area contributed by atoms with Gasteiger partial charge in [0.1, 0.15) is 0 Å². The lowest BCUT2D eigenvalue weighted by atomic mass is 9.80. The summed E-state index contributed by atoms with van der Waals surface area (Å²) in [6.45, 7) is 0. The number of carboxylic acids is 1. The third kappa shape index (κ3) is 3.47. The molecule has 1 aromatic carbocycles. The van der Waals surface area contributed by atoms with E-state index < -0.39 is 38.0 Å². The maximum absolute atomic E-state index is 13.5. The summed E-state index contributed by atoms with van der Waals surface area (Å²) in [4.78, 5) is 11.1. The Balaban J connectivity index is 2.07. The summed E-state index contributed by atoms with van der Waals surface area (Å²) in [5, 5.41) is 9.82. The highest BCUT2D eigenvalue weighted by atomic mass is 32.2. The third-order valence-electron chi connectivity index (χ3n) is 5.97. The summed E-state index contributed by atoms with van der Waals surface area (Å²) in [6, 6.07) is 2.79. The van der Waals surface area contributed by atoms with Crippen LogP contribution in [0.5, 0.6) is 0 Å². The van der Waals surface area contributed by atoms with E-state index in [1.807, 2.05) is 4.72 Å². The van der Waals surface area contributed by atoms with Crippen LogP contribution < -0.4 is 4.72 Å². The summed E-state index contributed by atoms with van der Waals surface area (Å²) >= 11 is 0. The van der Waals surface area contributed by atoms with Gasteiger partial charge in [0, 0.05) is 0 Å². The molecule has 2 N–H and O–H groups in total. The summed E-state index contributed by atoms with van der Waals surface area (Å²) in [6.07, 6.45) is 0.259. The number of halogens is 3. The first-order valence-corrected chi connectivity index (χ1v) is 10.4. The summed E-state index contributed by atoms with van der Waals surface area (Å²) in [7, 11) is -3.30. The van der Waals surface area contributed by atoms with Crippen LogP contribution >= 0.6 is 0 Å². The van der Waals surface area contributed by atoms with Gasteiger partial charge in [0.15, 0.2) is 0 Å². The zero-order valence-corrected chi connectivity index (χ0v) is 15.7. The van der Waals surface area contributed by atoms with Gasteiger partial charge in [-0.05, 0) is 43.0 Å². The fraction of sp³-hybridized carbons (Fsp3) is 0.611. The van der Waals surface area contributed by atoms with Crippen LogP contribution in [-0.4, -0.2) is 26.5 Å². The number of alkyl halides is 3. The SMILES string of the molecule is CNS(=O)(=O)c1ccc(C2(C(=O)O)CC2C2CCCCC2)cc1C(F)(F)F. The topological polar surface area (TPSA) is 83.5 Å². The zero-order valence-electron chi connectivity index (χ0n) is 14.8. The number of carbonyl (C=O) groups is 1. The molecular formula is C18H22F3NO4S. The van der Waals surface area contributed by atoms with Gasteiger partial charge in [-0.25, -0.2) is 13.1 Å². The van der Waals surface area contributed by atoms with Gasteiger partial charge in [0.2, 0.25) is 10.0 Å². The number of aliphatic carboxylic acids is 1. The van der Waals surface area contributed by atoms with Gasteiger partial charge in [0.25, 0.3) is 0 Å². The first-order valence-electron chi connectivity index (χ1n) is 8.92. The van der Waals surface area contributed by atoms with E-state index in [9.17, 15) is 31.5 Å². The van der Waals surface area contributed by atoms with Gasteiger partial charge < -0.3 is 5.11 Å². The summed E-state index contributed by atoms with van der Waals surface area (Å²) in [5.74, 6) is -1.16. The molecule has 0 aliphatic heterocycles. The van der Waals surface area contributed by atoms with E-state index in [1.54, 1.807) is 0 Å². The lowest BCUT2D eigenvalue weighted by Gasteiger charge is -2.25. The molecule has 0 aromatic heterocycles. The van der Waals surface area contributed by atoms with Crippen LogP contribution in [0.1, 0.15) is 49.7 Å². The van der Waals surface area contributed by atoms with Crippen molar-refractivity contribution in [3.8, 4) is 0 Å². The fourth-order valence-electron chi connectivity index (χ4n) is 4.47. The molecule has 0 amide bonds. The molecule has 0 bridgehead atoms. The Hall–Kier alpha value is -1.61. The Morgan fingerprint density at radius 1 is 1.22 bits per heavy atom. The molecule has 5 nitrogen and oxygen atoms in total. The zero-order chi connectivity index (χ0) is 20.0. The second-order valence-electron chi connectivity index (χ2n) is 7.40. The molecule has 1 aromatic rings. The maximum atomic E-state index is 13.5. The van der Waals surface area contributed by atoms with Crippen LogP contribution in [0.15, 0.2) is 23.1 Å². The van der Waals surface area contributed by atoms with Crippen LogP contribution in [-0.2, 0) is 26.4 Å². The maximum Gasteiger partial charge on any atom is 0.417 e. The van der Waals surface area contributed by atoms with Crippen LogP contribution in [0, 0.1) is 11.8 Å². The predicted octanol–water partition coefficient (Wildman–Crippen LogP) is 3.54. The molecule has 150 valence electrons. The highest BCUT2D eigenvalue weighted by Crippen LogP contribution is 2.61. The van der Waals surface area contributed by atoms with Gasteiger partial charge >= 0.3 is 12.1 Å². The molecule has 3 rings (SSSR count). The molecule has 2 fully saturated rings. The van der Waals surface area contributed by atoms with Crippen LogP contribution in [0.4, 0.5) is 13.2 Å². The monoisotopic (exact) mass is 405 g/mol. The van der Waals surface area contributed by atoms with Crippen molar-refractivity contribution in [1.29, 1.82) is 0 Å². The van der Waals surface area contributed by atoms with Crippen LogP contribution in [0.25, 0.3) is 0 Å². The highest BCUT2D eigenvalue weighted by molar-refractivity contribution is 7.89. The summed E-state index contributed by atoms with van der Waals surface area (Å²) in [5.41, 5.74) is -2.65. The van der Waals surface area contributed by atoms with Crippen molar-refractivity contribution in [2.75, 3.05) is 7.05 Å². The van der Waals surface area contributed by atoms with Crippen molar-refractivity contribution in [1.82, 2.24) is 4.72 Å². The van der Waals surface area contributed by atoms with Crippen molar-refractivity contribution >= 4 is 16.0 Å². The van der Waals surface area contributed by atoms with E-state index >= 15 is 0 Å². The molecule has 2 unspecified atom stereocenters. The molecule has 2 atom stereocenters. The quantitative estimate of drug-likeness (QED) is 0.785. The van der Waals surface area contributed by atoms with Crippen molar-refractivity contribution < 1.29 is 31.5 Å². The number of benzene rings is 1. The second kappa shape index (κ2) is 6.77. The predicted molar refractivity (Wildman–Crippen MR) is 91.7 cm³/mol. The van der Waals surface area contributed by atoms with Gasteiger partial charge in [0.05, 0.1) is 15.9 Å². The molecule has 2 saturated carbocycles. The third-order valence-corrected chi connectivity index (χ3v) is 7.45. The molecule has 2 aliphatic rings. The molecule has 0 spiro atoms. The van der Waals surface area contributed by atoms with E-state index in [-0.39, 0.29) is 17.4 Å². The second-order valence-corrected chi connectivity index (χ2v) is 9.26. The number of carboxylic acid groups (broad SMARTS) is 1. The Kier molecular flexibility index (Phi) is 5.05. The molecule has 2 aliphatic carbocycles. The summed E-state index contributed by atoms with van der Waals surface area (Å²) < 4.78 is 66.4. The van der Waals surface area contributed by atoms with Gasteiger partial charge in [-0.3, -0.25) is 4.79 Å². The molecule has 0 radical (unpaired) electrons. The minimum atomic E-state index is -4.91. The van der Waals surface area contributed by atoms with Gasteiger partial charge in [-0.1, -0.05) is 38.2 Å². The lowest BCUT2D eigenvalue weighted by molar-refractivity contribution is -0.142. The smallest absolute Gasteiger partial charge is 0.417 e. The number of sulfonamides is 1. The lowest BCUT2D eigenvalue weighted by Crippen LogP contribution is -2.28. The Labute approximate surface area is 156 Å². The molecule has 9 heteroatoms. The molecular weight excluding hydrogens is 383 g/mol. The van der Waals surface area contributed by atoms with E-state index in [0.29, 0.717) is 12.5 Å². The van der Waals surface area contributed by atoms with Crippen molar-refractivity contribution in [3.63, 3.8) is 0 Å². The molecule has 0 saturated heterocycles. The Morgan fingerprint density at radius 3 is 2.37 bits per heavy atom. The van der Waals surface area contributed by atoms with Gasteiger partial charge in [-0.2, -0.15) is 13.2 Å². The van der Waals surface area contributed by atoms with E-state index in [1.165, 1.54) is 6.07 Å². The first kappa shape index (κ1) is 20.1. The molecule has 27 heavy (non-hydrogen) atoms. The van der Waals surface area contributed by atoms with Crippen molar-refractivity contribution in [3.05, 3.63) is 29.3 Å². The number of hydrogen-bond acceptors (Lipinski definition) is 3. The minimum absolute atomic E-state index is 0.0351. The standard InChI is InChI=1S/C18H22F3NO4S/c1-22-27(25,26)15-8-7-12(9-13(15)18(19,20)21)17(16(23)24)10-14(17)11-5-3-2-4-6-11/h7-9,11,14,22H,2-6,10H2,1H3,(H,23,24). The van der Waals surface area contributed by atoms with E-state index in [0.717, 1.165) is 45.2 Å². The number of rotatable bonds is 5. The van der Waals surface area contributed by atoms with Crippen LogP contribution in [0.3, 0.4) is 0 Å². The minimum Gasteiger partial charge on any atom is -0.481 e. The molecule has 0 heterocycles. The van der Waals surface area contributed by atoms with Gasteiger partial charge in [-0.15, -0.1) is 0 Å². The first-order chi connectivity index (χ1) is 12.5. The van der Waals surface area contributed by atoms with E-state index in [4.69, 9.17) is 0 Å². The van der Waals surface area contributed by atoms with Crippen LogP contribution in [0.2, 0.25) is 0 Å². The van der Waals surface area contributed by atoms with Crippen molar-refractivity contribution in [2.24, 2.45) is 11.8 Å². The Morgan fingerprint density at radius 2 is 1.85 bits per heavy atom. The fourth-order valence-corrected chi connectivity index (χ4v) is 5.40. The van der Waals surface area contributed by atoms with E-state index in [2.05, 4.69) is 0 Å². The number of nitrogens with one attached hydrogen (secondary N) is 1. The Bertz CT molecular complexity index is 847. The largest absolute Gasteiger partial charge is 0.481 e. The average molecular weight is 405 g/mol. The highest BCUT2D eigenvalue weighted by Gasteiger charge is 2.64. The average Bonchev–Trinajstić information content (AvgIpc) is 3.38. The van der Waals surface area contributed by atoms with Crippen molar-refractivity contribution in [2.45, 2.75) is 55.0 Å². The normalized spacial score (nSPS) is 26.7. The number of hydrogen-bond donors (Lipinski definition) is 2.